The number of nitrogens with zero attached hydrogens (tertiary/aromatic N) is 1. The Kier molecular flexibility index (Phi) is 5.73. The first-order chi connectivity index (χ1) is 13.5. The van der Waals surface area contributed by atoms with Crippen molar-refractivity contribution >= 4 is 17.6 Å². The lowest BCUT2D eigenvalue weighted by Gasteiger charge is -2.22. The number of methoxy groups -OCH3 is 1. The van der Waals surface area contributed by atoms with Crippen molar-refractivity contribution in [2.45, 2.75) is 25.9 Å². The Hall–Kier alpha value is -3.22. The van der Waals surface area contributed by atoms with Crippen LogP contribution in [-0.4, -0.2) is 42.3 Å². The molecule has 0 bridgehead atoms. The summed E-state index contributed by atoms with van der Waals surface area (Å²) in [5, 5.41) is 0. The number of benzene rings is 2. The van der Waals surface area contributed by atoms with E-state index < -0.39 is 36.1 Å². The third kappa shape index (κ3) is 3.74. The summed E-state index contributed by atoms with van der Waals surface area (Å²) in [7, 11) is 1.35. The molecule has 0 radical (unpaired) electrons. The van der Waals surface area contributed by atoms with Crippen LogP contribution < -0.4 is 9.47 Å². The van der Waals surface area contributed by atoms with Crippen LogP contribution in [0.4, 0.5) is 4.39 Å². The van der Waals surface area contributed by atoms with Crippen molar-refractivity contribution in [3.05, 3.63) is 59.4 Å². The Morgan fingerprint density at radius 3 is 2.68 bits per heavy atom. The smallest absolute Gasteiger partial charge is 0.270 e. The molecule has 1 atom stereocenters. The first-order valence-electron chi connectivity index (χ1n) is 8.94. The number of fused-ring (bicyclic) bond motifs is 1. The predicted octanol–water partition coefficient (Wildman–Crippen LogP) is 3.25. The maximum absolute atomic E-state index is 13.6. The average molecular weight is 385 g/mol. The summed E-state index contributed by atoms with van der Waals surface area (Å²) in [6.45, 7) is 1.36. The highest BCUT2D eigenvalue weighted by Crippen LogP contribution is 2.28. The third-order valence-corrected chi connectivity index (χ3v) is 4.49. The molecule has 1 aliphatic heterocycles. The Morgan fingerprint density at radius 1 is 1.21 bits per heavy atom. The van der Waals surface area contributed by atoms with E-state index in [2.05, 4.69) is 0 Å². The van der Waals surface area contributed by atoms with Gasteiger partial charge in [-0.2, -0.15) is 0 Å². The van der Waals surface area contributed by atoms with E-state index >= 15 is 0 Å². The molecule has 2 aromatic carbocycles. The van der Waals surface area contributed by atoms with Crippen molar-refractivity contribution in [2.24, 2.45) is 0 Å². The van der Waals surface area contributed by atoms with E-state index in [1.54, 1.807) is 24.3 Å². The molecule has 2 aromatic rings. The molecule has 3 rings (SSSR count). The van der Waals surface area contributed by atoms with Gasteiger partial charge in [0, 0.05) is 0 Å². The van der Waals surface area contributed by atoms with Crippen LogP contribution in [0.25, 0.3) is 0 Å². The van der Waals surface area contributed by atoms with Gasteiger partial charge >= 0.3 is 0 Å². The fraction of sp³-hybridized carbons (Fsp3) is 0.286. The summed E-state index contributed by atoms with van der Waals surface area (Å²) in [5.74, 6) is -1.96. The summed E-state index contributed by atoms with van der Waals surface area (Å²) in [4.78, 5) is 39.5. The number of hydrogen-bond donors (Lipinski definition) is 0. The summed E-state index contributed by atoms with van der Waals surface area (Å²) in [6.07, 6.45) is 0.181. The molecular formula is C21H20FNO5. The number of carbonyl (C=O) groups excluding carboxylic acids is 3. The van der Waals surface area contributed by atoms with Crippen LogP contribution >= 0.6 is 0 Å². The Morgan fingerprint density at radius 2 is 1.96 bits per heavy atom. The van der Waals surface area contributed by atoms with Gasteiger partial charge in [-0.25, -0.2) is 4.39 Å². The third-order valence-electron chi connectivity index (χ3n) is 4.49. The molecule has 1 aliphatic rings. The number of hydrogen-bond acceptors (Lipinski definition) is 5. The number of Topliss-reactive ketones (excluding diaryl/α,β-unsaturated/α-hetero) is 1. The minimum absolute atomic E-state index is 0.0337. The molecule has 0 N–H and O–H groups in total. The van der Waals surface area contributed by atoms with Gasteiger partial charge in [-0.15, -0.1) is 0 Å². The summed E-state index contributed by atoms with van der Waals surface area (Å²) in [6, 6.07) is 10.0. The number of imide groups is 1. The molecule has 0 unspecified atom stereocenters. The average Bonchev–Trinajstić information content (AvgIpc) is 2.79. The van der Waals surface area contributed by atoms with Crippen LogP contribution in [0.15, 0.2) is 42.5 Å². The van der Waals surface area contributed by atoms with Gasteiger partial charge in [0.05, 0.1) is 24.8 Å². The lowest BCUT2D eigenvalue weighted by molar-refractivity contribution is -0.135. The molecule has 0 saturated carbocycles. The van der Waals surface area contributed by atoms with Crippen molar-refractivity contribution in [1.82, 2.24) is 4.90 Å². The van der Waals surface area contributed by atoms with Crippen LogP contribution in [0.3, 0.4) is 0 Å². The lowest BCUT2D eigenvalue weighted by Crippen LogP contribution is -2.45. The number of carbonyl (C=O) groups is 3. The Labute approximate surface area is 161 Å². The summed E-state index contributed by atoms with van der Waals surface area (Å²) < 4.78 is 24.5. The zero-order valence-corrected chi connectivity index (χ0v) is 15.6. The molecule has 0 spiro atoms. The normalized spacial score (nSPS) is 16.2. The molecular weight excluding hydrogens is 365 g/mol. The second-order valence-corrected chi connectivity index (χ2v) is 6.39. The molecule has 6 nitrogen and oxygen atoms in total. The van der Waals surface area contributed by atoms with Crippen molar-refractivity contribution in [3.8, 4) is 11.5 Å². The topological polar surface area (TPSA) is 72.9 Å². The number of ketones is 1. The van der Waals surface area contributed by atoms with Crippen LogP contribution in [0.5, 0.6) is 11.5 Å². The van der Waals surface area contributed by atoms with Gasteiger partial charge in [0.2, 0.25) is 0 Å². The number of para-hydroxylation sites is 1. The van der Waals surface area contributed by atoms with Gasteiger partial charge in [-0.3, -0.25) is 19.3 Å². The highest BCUT2D eigenvalue weighted by atomic mass is 19.1. The van der Waals surface area contributed by atoms with E-state index in [1.165, 1.54) is 19.2 Å². The maximum atomic E-state index is 13.6. The van der Waals surface area contributed by atoms with Gasteiger partial charge in [-0.05, 0) is 36.8 Å². The molecule has 2 amide bonds. The van der Waals surface area contributed by atoms with Gasteiger partial charge in [-0.1, -0.05) is 25.5 Å². The van der Waals surface area contributed by atoms with Crippen LogP contribution in [-0.2, 0) is 4.79 Å². The molecule has 7 heteroatoms. The number of amides is 2. The van der Waals surface area contributed by atoms with E-state index in [-0.39, 0.29) is 16.9 Å². The standard InChI is InChI=1S/C21H20FNO5/c1-3-6-19-21(26)23(20(25)14-7-4-5-8-18(14)28-19)12-16(24)15-11-13(22)9-10-17(15)27-2/h4-5,7-11,19H,3,6,12H2,1-2H3/t19-/m0/s1. The molecule has 146 valence electrons. The zero-order chi connectivity index (χ0) is 20.3. The zero-order valence-electron chi connectivity index (χ0n) is 15.6. The van der Waals surface area contributed by atoms with Gasteiger partial charge in [0.1, 0.15) is 17.3 Å². The largest absolute Gasteiger partial charge is 0.496 e. The highest BCUT2D eigenvalue weighted by molar-refractivity contribution is 6.12. The fourth-order valence-corrected chi connectivity index (χ4v) is 3.09. The van der Waals surface area contributed by atoms with Crippen molar-refractivity contribution in [1.29, 1.82) is 0 Å². The van der Waals surface area contributed by atoms with E-state index in [4.69, 9.17) is 9.47 Å². The van der Waals surface area contributed by atoms with E-state index in [0.29, 0.717) is 18.6 Å². The monoisotopic (exact) mass is 385 g/mol. The second kappa shape index (κ2) is 8.21. The van der Waals surface area contributed by atoms with Gasteiger partial charge in [0.25, 0.3) is 11.8 Å². The lowest BCUT2D eigenvalue weighted by atomic mass is 10.1. The van der Waals surface area contributed by atoms with E-state index in [1.807, 2.05) is 6.92 Å². The van der Waals surface area contributed by atoms with Crippen LogP contribution in [0, 0.1) is 5.82 Å². The summed E-state index contributed by atoms with van der Waals surface area (Å²) in [5.41, 5.74) is 0.169. The van der Waals surface area contributed by atoms with E-state index in [9.17, 15) is 18.8 Å². The van der Waals surface area contributed by atoms with E-state index in [0.717, 1.165) is 11.0 Å². The van der Waals surface area contributed by atoms with Crippen LogP contribution in [0.1, 0.15) is 40.5 Å². The quantitative estimate of drug-likeness (QED) is 0.564. The highest BCUT2D eigenvalue weighted by Gasteiger charge is 2.37. The first kappa shape index (κ1) is 19.5. The van der Waals surface area contributed by atoms with Gasteiger partial charge in [0.15, 0.2) is 11.9 Å². The molecule has 0 aromatic heterocycles. The molecule has 1 heterocycles. The first-order valence-corrected chi connectivity index (χ1v) is 8.94. The maximum Gasteiger partial charge on any atom is 0.270 e. The molecule has 0 aliphatic carbocycles. The van der Waals surface area contributed by atoms with Gasteiger partial charge < -0.3 is 9.47 Å². The number of rotatable bonds is 6. The fourth-order valence-electron chi connectivity index (χ4n) is 3.09. The van der Waals surface area contributed by atoms with Crippen molar-refractivity contribution in [3.63, 3.8) is 0 Å². The minimum atomic E-state index is -0.875. The van der Waals surface area contributed by atoms with Crippen LogP contribution in [0.2, 0.25) is 0 Å². The number of halogens is 1. The SMILES string of the molecule is CCC[C@@H]1Oc2ccccc2C(=O)N(CC(=O)c2cc(F)ccc2OC)C1=O. The summed E-state index contributed by atoms with van der Waals surface area (Å²) >= 11 is 0. The minimum Gasteiger partial charge on any atom is -0.496 e. The molecule has 28 heavy (non-hydrogen) atoms. The van der Waals surface area contributed by atoms with Crippen molar-refractivity contribution < 1.29 is 28.2 Å². The predicted molar refractivity (Wildman–Crippen MR) is 99.1 cm³/mol. The van der Waals surface area contributed by atoms with Crippen molar-refractivity contribution in [2.75, 3.05) is 13.7 Å². The number of ether oxygens (including phenoxy) is 2. The Bertz CT molecular complexity index is 927. The Balaban J connectivity index is 1.97. The molecule has 0 fully saturated rings. The second-order valence-electron chi connectivity index (χ2n) is 6.39. The molecule has 0 saturated heterocycles.